The maximum Gasteiger partial charge on any atom is 0.287 e. The van der Waals surface area contributed by atoms with Crippen molar-refractivity contribution in [2.75, 3.05) is 0 Å². The highest BCUT2D eigenvalue weighted by Crippen LogP contribution is 2.15. The average molecular weight is 362 g/mol. The lowest BCUT2D eigenvalue weighted by Crippen LogP contribution is -2.50. The van der Waals surface area contributed by atoms with Crippen LogP contribution in [0, 0.1) is 5.82 Å². The molecule has 0 aliphatic carbocycles. The molecule has 2 amide bonds. The lowest BCUT2D eigenvalue weighted by atomic mass is 10.1. The first-order chi connectivity index (χ1) is 12.1. The lowest BCUT2D eigenvalue weighted by Gasteiger charge is -2.23. The first-order valence-electron chi connectivity index (χ1n) is 8.24. The molecule has 2 N–H and O–H groups in total. The van der Waals surface area contributed by atoms with Crippen LogP contribution < -0.4 is 15.4 Å². The minimum Gasteiger partial charge on any atom is -0.486 e. The van der Waals surface area contributed by atoms with Crippen LogP contribution in [-0.2, 0) is 11.4 Å². The molecule has 0 saturated carbocycles. The lowest BCUT2D eigenvalue weighted by molar-refractivity contribution is -0.124. The van der Waals surface area contributed by atoms with Gasteiger partial charge in [0, 0.05) is 5.54 Å². The number of carbonyl (C=O) groups is 2. The van der Waals surface area contributed by atoms with Gasteiger partial charge in [0.25, 0.3) is 5.91 Å². The summed E-state index contributed by atoms with van der Waals surface area (Å²) in [7, 11) is 0. The third kappa shape index (κ3) is 5.91. The molecule has 1 atom stereocenters. The molecule has 0 saturated heterocycles. The summed E-state index contributed by atoms with van der Waals surface area (Å²) in [5, 5.41) is 5.38. The molecule has 7 heteroatoms. The monoisotopic (exact) mass is 362 g/mol. The Hall–Kier alpha value is -2.83. The molecule has 6 nitrogen and oxygen atoms in total. The van der Waals surface area contributed by atoms with Gasteiger partial charge in [0.2, 0.25) is 5.91 Å². The van der Waals surface area contributed by atoms with Crippen LogP contribution >= 0.6 is 0 Å². The summed E-state index contributed by atoms with van der Waals surface area (Å²) in [6, 6.07) is 8.00. The van der Waals surface area contributed by atoms with Gasteiger partial charge in [-0.25, -0.2) is 4.39 Å². The number of hydrogen-bond donors (Lipinski definition) is 2. The molecule has 1 aromatic carbocycles. The fourth-order valence-electron chi connectivity index (χ4n) is 2.07. The van der Waals surface area contributed by atoms with Crippen molar-refractivity contribution in [1.82, 2.24) is 10.6 Å². The second-order valence-corrected chi connectivity index (χ2v) is 6.94. The number of hydrogen-bond acceptors (Lipinski definition) is 4. The third-order valence-electron chi connectivity index (χ3n) is 3.32. The van der Waals surface area contributed by atoms with Gasteiger partial charge >= 0.3 is 0 Å². The average Bonchev–Trinajstić information content (AvgIpc) is 3.02. The van der Waals surface area contributed by atoms with Crippen molar-refractivity contribution in [1.29, 1.82) is 0 Å². The summed E-state index contributed by atoms with van der Waals surface area (Å²) < 4.78 is 23.7. The number of nitrogens with one attached hydrogen (secondary N) is 2. The van der Waals surface area contributed by atoms with E-state index >= 15 is 0 Å². The summed E-state index contributed by atoms with van der Waals surface area (Å²) in [6.07, 6.45) is 0. The summed E-state index contributed by atoms with van der Waals surface area (Å²) in [5.74, 6) is -0.114. The smallest absolute Gasteiger partial charge is 0.287 e. The Morgan fingerprint density at radius 3 is 2.42 bits per heavy atom. The first kappa shape index (κ1) is 19.5. The molecular formula is C19H23FN2O4. The van der Waals surface area contributed by atoms with E-state index in [0.717, 1.165) is 0 Å². The molecule has 1 heterocycles. The Morgan fingerprint density at radius 2 is 1.81 bits per heavy atom. The van der Waals surface area contributed by atoms with E-state index < -0.39 is 11.9 Å². The van der Waals surface area contributed by atoms with Crippen LogP contribution in [0.1, 0.15) is 44.0 Å². The van der Waals surface area contributed by atoms with Gasteiger partial charge in [-0.3, -0.25) is 9.59 Å². The SMILES string of the molecule is CC(NC(=O)c1ccc(COc2ccc(F)cc2)o1)C(=O)NC(C)(C)C. The largest absolute Gasteiger partial charge is 0.486 e. The summed E-state index contributed by atoms with van der Waals surface area (Å²) in [4.78, 5) is 24.2. The van der Waals surface area contributed by atoms with E-state index in [-0.39, 0.29) is 29.6 Å². The van der Waals surface area contributed by atoms with Crippen LogP contribution in [0.4, 0.5) is 4.39 Å². The number of rotatable bonds is 6. The Kier molecular flexibility index (Phi) is 6.02. The molecule has 0 radical (unpaired) electrons. The number of benzene rings is 1. The van der Waals surface area contributed by atoms with Crippen LogP contribution in [-0.4, -0.2) is 23.4 Å². The standard InChI is InChI=1S/C19H23FN2O4/c1-12(17(23)22-19(2,3)4)21-18(24)16-10-9-15(26-16)11-25-14-7-5-13(20)6-8-14/h5-10,12H,11H2,1-4H3,(H,21,24)(H,22,23). The van der Waals surface area contributed by atoms with Crippen molar-refractivity contribution >= 4 is 11.8 Å². The predicted octanol–water partition coefficient (Wildman–Crippen LogP) is 3.03. The zero-order valence-corrected chi connectivity index (χ0v) is 15.3. The molecule has 140 valence electrons. The highest BCUT2D eigenvalue weighted by Gasteiger charge is 2.22. The van der Waals surface area contributed by atoms with Crippen molar-refractivity contribution < 1.29 is 23.1 Å². The van der Waals surface area contributed by atoms with Gasteiger partial charge in [-0.15, -0.1) is 0 Å². The molecule has 0 fully saturated rings. The molecule has 1 aromatic heterocycles. The fourth-order valence-corrected chi connectivity index (χ4v) is 2.07. The number of amides is 2. The zero-order valence-electron chi connectivity index (χ0n) is 15.3. The van der Waals surface area contributed by atoms with E-state index in [1.54, 1.807) is 13.0 Å². The van der Waals surface area contributed by atoms with Gasteiger partial charge < -0.3 is 19.8 Å². The molecule has 0 bridgehead atoms. The van der Waals surface area contributed by atoms with Crippen LogP contribution in [0.3, 0.4) is 0 Å². The number of ether oxygens (including phenoxy) is 1. The van der Waals surface area contributed by atoms with Gasteiger partial charge in [0.1, 0.15) is 30.0 Å². The summed E-state index contributed by atoms with van der Waals surface area (Å²) in [6.45, 7) is 7.28. The maximum atomic E-state index is 12.8. The second-order valence-electron chi connectivity index (χ2n) is 6.94. The van der Waals surface area contributed by atoms with Gasteiger partial charge in [-0.05, 0) is 64.1 Å². The van der Waals surface area contributed by atoms with E-state index in [0.29, 0.717) is 11.5 Å². The van der Waals surface area contributed by atoms with Crippen molar-refractivity contribution in [2.45, 2.75) is 45.9 Å². The van der Waals surface area contributed by atoms with Crippen LogP contribution in [0.2, 0.25) is 0 Å². The predicted molar refractivity (Wildman–Crippen MR) is 94.3 cm³/mol. The van der Waals surface area contributed by atoms with Crippen LogP contribution in [0.5, 0.6) is 5.75 Å². The summed E-state index contributed by atoms with van der Waals surface area (Å²) >= 11 is 0. The number of halogens is 1. The Labute approximate surface area is 151 Å². The van der Waals surface area contributed by atoms with E-state index in [1.807, 2.05) is 20.8 Å². The van der Waals surface area contributed by atoms with Crippen molar-refractivity contribution in [3.05, 3.63) is 53.7 Å². The van der Waals surface area contributed by atoms with E-state index in [2.05, 4.69) is 10.6 Å². The number of furan rings is 1. The second kappa shape index (κ2) is 8.03. The molecule has 26 heavy (non-hydrogen) atoms. The van der Waals surface area contributed by atoms with Crippen molar-refractivity contribution in [3.63, 3.8) is 0 Å². The quantitative estimate of drug-likeness (QED) is 0.828. The molecular weight excluding hydrogens is 339 g/mol. The topological polar surface area (TPSA) is 80.6 Å². The van der Waals surface area contributed by atoms with E-state index in [1.165, 1.54) is 30.3 Å². The molecule has 1 unspecified atom stereocenters. The van der Waals surface area contributed by atoms with Crippen LogP contribution in [0.25, 0.3) is 0 Å². The molecule has 2 rings (SSSR count). The van der Waals surface area contributed by atoms with Gasteiger partial charge in [-0.1, -0.05) is 0 Å². The molecule has 0 aliphatic rings. The van der Waals surface area contributed by atoms with Crippen molar-refractivity contribution in [2.24, 2.45) is 0 Å². The zero-order chi connectivity index (χ0) is 19.3. The fraction of sp³-hybridized carbons (Fsp3) is 0.368. The van der Waals surface area contributed by atoms with Gasteiger partial charge in [-0.2, -0.15) is 0 Å². The van der Waals surface area contributed by atoms with Gasteiger partial charge in [0.15, 0.2) is 5.76 Å². The maximum absolute atomic E-state index is 12.8. The molecule has 0 spiro atoms. The first-order valence-corrected chi connectivity index (χ1v) is 8.24. The van der Waals surface area contributed by atoms with Crippen LogP contribution in [0.15, 0.2) is 40.8 Å². The normalized spacial score (nSPS) is 12.3. The Balaban J connectivity index is 1.88. The van der Waals surface area contributed by atoms with E-state index in [9.17, 15) is 14.0 Å². The minimum absolute atomic E-state index is 0.0816. The Bertz CT molecular complexity index is 763. The van der Waals surface area contributed by atoms with Crippen molar-refractivity contribution in [3.8, 4) is 5.75 Å². The summed E-state index contributed by atoms with van der Waals surface area (Å²) in [5.41, 5.74) is -0.383. The highest BCUT2D eigenvalue weighted by molar-refractivity contribution is 5.95. The Morgan fingerprint density at radius 1 is 1.15 bits per heavy atom. The highest BCUT2D eigenvalue weighted by atomic mass is 19.1. The molecule has 2 aromatic rings. The minimum atomic E-state index is -0.703. The number of carbonyl (C=O) groups excluding carboxylic acids is 2. The third-order valence-corrected chi connectivity index (χ3v) is 3.32. The molecule has 0 aliphatic heterocycles. The van der Waals surface area contributed by atoms with Gasteiger partial charge in [0.05, 0.1) is 0 Å². The van der Waals surface area contributed by atoms with E-state index in [4.69, 9.17) is 9.15 Å².